The Labute approximate surface area is 130 Å². The molecule has 114 valence electrons. The zero-order valence-corrected chi connectivity index (χ0v) is 13.6. The van der Waals surface area contributed by atoms with E-state index >= 15 is 0 Å². The van der Waals surface area contributed by atoms with Crippen molar-refractivity contribution in [2.45, 2.75) is 31.8 Å². The summed E-state index contributed by atoms with van der Waals surface area (Å²) in [7, 11) is 3.93. The number of hydrogen-bond donors (Lipinski definition) is 1. The quantitative estimate of drug-likeness (QED) is 0.942. The van der Waals surface area contributed by atoms with E-state index in [9.17, 15) is 0 Å². The number of nitrogens with one attached hydrogen (secondary N) is 1. The summed E-state index contributed by atoms with van der Waals surface area (Å²) in [5.41, 5.74) is 1.08. The molecule has 5 heteroatoms. The molecule has 1 aliphatic heterocycles. The fourth-order valence-electron chi connectivity index (χ4n) is 2.93. The van der Waals surface area contributed by atoms with Gasteiger partial charge in [-0.15, -0.1) is 11.3 Å². The van der Waals surface area contributed by atoms with Gasteiger partial charge in [-0.3, -0.25) is 4.90 Å². The van der Waals surface area contributed by atoms with Crippen molar-refractivity contribution in [3.63, 3.8) is 0 Å². The van der Waals surface area contributed by atoms with Gasteiger partial charge >= 0.3 is 0 Å². The molecule has 0 amide bonds. The van der Waals surface area contributed by atoms with Crippen LogP contribution in [0.3, 0.4) is 0 Å². The summed E-state index contributed by atoms with van der Waals surface area (Å²) in [4.78, 5) is 7.21. The number of benzene rings is 1. The molecule has 0 saturated carbocycles. The summed E-state index contributed by atoms with van der Waals surface area (Å²) in [5.74, 6) is 0.904. The van der Waals surface area contributed by atoms with Crippen LogP contribution in [0, 0.1) is 0 Å². The van der Waals surface area contributed by atoms with Gasteiger partial charge in [-0.25, -0.2) is 4.98 Å². The second-order valence-corrected chi connectivity index (χ2v) is 6.81. The molecule has 1 atom stereocenters. The second kappa shape index (κ2) is 6.73. The number of nitrogens with zero attached hydrogens (tertiary/aromatic N) is 2. The molecule has 1 aromatic heterocycles. The van der Waals surface area contributed by atoms with E-state index in [0.29, 0.717) is 6.04 Å². The number of ether oxygens (including phenoxy) is 1. The van der Waals surface area contributed by atoms with Crippen LogP contribution in [0.4, 0.5) is 0 Å². The zero-order valence-electron chi connectivity index (χ0n) is 12.8. The summed E-state index contributed by atoms with van der Waals surface area (Å²) in [6.45, 7) is 3.23. The molecule has 1 aromatic carbocycles. The van der Waals surface area contributed by atoms with Gasteiger partial charge in [-0.05, 0) is 57.6 Å². The molecule has 1 unspecified atom stereocenters. The molecule has 21 heavy (non-hydrogen) atoms. The van der Waals surface area contributed by atoms with E-state index in [4.69, 9.17) is 9.72 Å². The minimum atomic E-state index is 0.668. The van der Waals surface area contributed by atoms with E-state index in [1.807, 2.05) is 12.1 Å². The maximum absolute atomic E-state index is 5.28. The van der Waals surface area contributed by atoms with Crippen molar-refractivity contribution in [3.8, 4) is 5.75 Å². The first-order valence-electron chi connectivity index (χ1n) is 7.60. The van der Waals surface area contributed by atoms with Crippen LogP contribution in [0.5, 0.6) is 5.75 Å². The summed E-state index contributed by atoms with van der Waals surface area (Å²) in [6, 6.07) is 6.77. The highest BCUT2D eigenvalue weighted by atomic mass is 32.1. The van der Waals surface area contributed by atoms with Crippen molar-refractivity contribution >= 4 is 21.6 Å². The Bertz CT molecular complexity index is 590. The molecular formula is C16H23N3OS. The van der Waals surface area contributed by atoms with Crippen molar-refractivity contribution < 1.29 is 4.74 Å². The molecule has 4 nitrogen and oxygen atoms in total. The molecule has 1 N–H and O–H groups in total. The van der Waals surface area contributed by atoms with E-state index in [-0.39, 0.29) is 0 Å². The molecule has 1 saturated heterocycles. The molecular weight excluding hydrogens is 282 g/mol. The van der Waals surface area contributed by atoms with Crippen LogP contribution in [-0.4, -0.2) is 43.2 Å². The van der Waals surface area contributed by atoms with Gasteiger partial charge in [0.2, 0.25) is 0 Å². The van der Waals surface area contributed by atoms with Crippen LogP contribution in [0.1, 0.15) is 24.3 Å². The number of hydrogen-bond acceptors (Lipinski definition) is 5. The first-order chi connectivity index (χ1) is 10.3. The highest BCUT2D eigenvalue weighted by Crippen LogP contribution is 2.27. The Balaban J connectivity index is 1.71. The lowest BCUT2D eigenvalue weighted by atomic mass is 10.1. The summed E-state index contributed by atoms with van der Waals surface area (Å²) < 4.78 is 6.49. The van der Waals surface area contributed by atoms with Gasteiger partial charge in [0.25, 0.3) is 0 Å². The normalized spacial score (nSPS) is 19.9. The maximum Gasteiger partial charge on any atom is 0.120 e. The Morgan fingerprint density at radius 1 is 1.38 bits per heavy atom. The summed E-state index contributed by atoms with van der Waals surface area (Å²) >= 11 is 1.78. The molecule has 1 fully saturated rings. The predicted molar refractivity (Wildman–Crippen MR) is 88.1 cm³/mol. The van der Waals surface area contributed by atoms with Crippen molar-refractivity contribution in [1.82, 2.24) is 15.2 Å². The molecule has 2 aromatic rings. The lowest BCUT2D eigenvalue weighted by molar-refractivity contribution is 0.216. The van der Waals surface area contributed by atoms with E-state index in [1.54, 1.807) is 18.4 Å². The lowest BCUT2D eigenvalue weighted by Crippen LogP contribution is -2.31. The number of aromatic nitrogens is 1. The van der Waals surface area contributed by atoms with Crippen LogP contribution in [0.2, 0.25) is 0 Å². The Morgan fingerprint density at radius 3 is 3.14 bits per heavy atom. The minimum Gasteiger partial charge on any atom is -0.497 e. The highest BCUT2D eigenvalue weighted by molar-refractivity contribution is 7.18. The number of methoxy groups -OCH3 is 1. The minimum absolute atomic E-state index is 0.668. The number of fused-ring (bicyclic) bond motifs is 1. The van der Waals surface area contributed by atoms with Crippen molar-refractivity contribution in [2.75, 3.05) is 27.2 Å². The van der Waals surface area contributed by atoms with Gasteiger partial charge in [0.05, 0.1) is 23.9 Å². The summed E-state index contributed by atoms with van der Waals surface area (Å²) in [6.07, 6.45) is 3.78. The second-order valence-electron chi connectivity index (χ2n) is 5.69. The van der Waals surface area contributed by atoms with Gasteiger partial charge in [0.15, 0.2) is 0 Å². The average molecular weight is 305 g/mol. The first-order valence-corrected chi connectivity index (χ1v) is 8.42. The fraction of sp³-hybridized carbons (Fsp3) is 0.562. The first kappa shape index (κ1) is 14.8. The van der Waals surface area contributed by atoms with Gasteiger partial charge in [0, 0.05) is 6.04 Å². The molecule has 2 heterocycles. The van der Waals surface area contributed by atoms with Gasteiger partial charge in [0.1, 0.15) is 10.8 Å². The summed E-state index contributed by atoms with van der Waals surface area (Å²) in [5, 5.41) is 4.67. The van der Waals surface area contributed by atoms with E-state index in [2.05, 4.69) is 23.3 Å². The largest absolute Gasteiger partial charge is 0.497 e. The maximum atomic E-state index is 5.28. The van der Waals surface area contributed by atoms with Crippen LogP contribution in [-0.2, 0) is 6.54 Å². The van der Waals surface area contributed by atoms with Crippen LogP contribution >= 0.6 is 11.3 Å². The highest BCUT2D eigenvalue weighted by Gasteiger charge is 2.18. The number of thiazole rings is 1. The van der Waals surface area contributed by atoms with Gasteiger partial charge in [-0.2, -0.15) is 0 Å². The standard InChI is InChI=1S/C16H23N3OS/c1-19(12-4-3-8-17-9-7-12)11-16-18-14-6-5-13(20-2)10-15(14)21-16/h5-6,10,12,17H,3-4,7-9,11H2,1-2H3. The molecule has 1 aliphatic rings. The number of rotatable bonds is 4. The zero-order chi connectivity index (χ0) is 14.7. The fourth-order valence-corrected chi connectivity index (χ4v) is 3.99. The topological polar surface area (TPSA) is 37.4 Å². The van der Waals surface area contributed by atoms with Crippen molar-refractivity contribution in [1.29, 1.82) is 0 Å². The van der Waals surface area contributed by atoms with Gasteiger partial charge < -0.3 is 10.1 Å². The predicted octanol–water partition coefficient (Wildman–Crippen LogP) is 2.88. The lowest BCUT2D eigenvalue weighted by Gasteiger charge is -2.25. The Morgan fingerprint density at radius 2 is 2.29 bits per heavy atom. The molecule has 3 rings (SSSR count). The molecule has 0 radical (unpaired) electrons. The van der Waals surface area contributed by atoms with Crippen molar-refractivity contribution in [2.24, 2.45) is 0 Å². The van der Waals surface area contributed by atoms with E-state index in [1.165, 1.54) is 29.0 Å². The Kier molecular flexibility index (Phi) is 4.73. The third kappa shape index (κ3) is 3.54. The van der Waals surface area contributed by atoms with Gasteiger partial charge in [-0.1, -0.05) is 0 Å². The van der Waals surface area contributed by atoms with Crippen LogP contribution in [0.25, 0.3) is 10.2 Å². The van der Waals surface area contributed by atoms with Crippen molar-refractivity contribution in [3.05, 3.63) is 23.2 Å². The SMILES string of the molecule is COc1ccc2nc(CN(C)C3CCCNCC3)sc2c1. The molecule has 0 aliphatic carbocycles. The average Bonchev–Trinajstić information content (AvgIpc) is 2.71. The molecule has 0 bridgehead atoms. The molecule has 0 spiro atoms. The smallest absolute Gasteiger partial charge is 0.120 e. The van der Waals surface area contributed by atoms with E-state index < -0.39 is 0 Å². The van der Waals surface area contributed by atoms with Crippen LogP contribution in [0.15, 0.2) is 18.2 Å². The third-order valence-electron chi connectivity index (χ3n) is 4.19. The monoisotopic (exact) mass is 305 g/mol. The Hall–Kier alpha value is -1.17. The van der Waals surface area contributed by atoms with Crippen LogP contribution < -0.4 is 10.1 Å². The third-order valence-corrected chi connectivity index (χ3v) is 5.20. The van der Waals surface area contributed by atoms with E-state index in [0.717, 1.165) is 30.9 Å².